The molecule has 0 aromatic heterocycles. The third-order valence-electron chi connectivity index (χ3n) is 2.52. The van der Waals surface area contributed by atoms with E-state index < -0.39 is 5.97 Å². The first kappa shape index (κ1) is 13.2. The van der Waals surface area contributed by atoms with Gasteiger partial charge in [0.15, 0.2) is 0 Å². The Balaban J connectivity index is 2.48. The molecule has 1 aromatic rings. The van der Waals surface area contributed by atoms with Crippen LogP contribution >= 0.6 is 0 Å². The highest BCUT2D eigenvalue weighted by molar-refractivity contribution is 5.80. The standard InChI is InChI=1S/C13H17NO3/c1-9-3-5-11(6-4-9)10(2)14-12(15)7-8-13(16)17/h3-6,10H,7-8H2,1-2H3,(H,14,15)(H,16,17). The molecular weight excluding hydrogens is 218 g/mol. The predicted molar refractivity (Wildman–Crippen MR) is 64.6 cm³/mol. The number of hydrogen-bond donors (Lipinski definition) is 2. The zero-order valence-corrected chi connectivity index (χ0v) is 10.1. The number of nitrogens with one attached hydrogen (secondary N) is 1. The monoisotopic (exact) mass is 235 g/mol. The number of carboxylic acids is 1. The van der Waals surface area contributed by atoms with E-state index in [0.717, 1.165) is 11.1 Å². The lowest BCUT2D eigenvalue weighted by molar-refractivity contribution is -0.138. The third-order valence-corrected chi connectivity index (χ3v) is 2.52. The number of carbonyl (C=O) groups excluding carboxylic acids is 1. The molecule has 0 bridgehead atoms. The fourth-order valence-electron chi connectivity index (χ4n) is 1.47. The Hall–Kier alpha value is -1.84. The molecule has 1 amide bonds. The van der Waals surface area contributed by atoms with Crippen LogP contribution in [0, 0.1) is 6.92 Å². The molecule has 4 nitrogen and oxygen atoms in total. The Labute approximate surface area is 101 Å². The topological polar surface area (TPSA) is 66.4 Å². The molecule has 0 spiro atoms. The SMILES string of the molecule is Cc1ccc(C(C)NC(=O)CCC(=O)O)cc1. The molecule has 1 aromatic carbocycles. The van der Waals surface area contributed by atoms with Crippen molar-refractivity contribution < 1.29 is 14.7 Å². The number of amides is 1. The van der Waals surface area contributed by atoms with Crippen LogP contribution in [0.25, 0.3) is 0 Å². The Kier molecular flexibility index (Phi) is 4.69. The van der Waals surface area contributed by atoms with Crippen molar-refractivity contribution in [2.45, 2.75) is 32.7 Å². The second-order valence-corrected chi connectivity index (χ2v) is 4.09. The lowest BCUT2D eigenvalue weighted by Crippen LogP contribution is -2.26. The first-order valence-corrected chi connectivity index (χ1v) is 5.57. The van der Waals surface area contributed by atoms with Gasteiger partial charge in [0, 0.05) is 6.42 Å². The summed E-state index contributed by atoms with van der Waals surface area (Å²) in [6.45, 7) is 3.88. The highest BCUT2D eigenvalue weighted by atomic mass is 16.4. The minimum Gasteiger partial charge on any atom is -0.481 e. The van der Waals surface area contributed by atoms with E-state index in [1.165, 1.54) is 0 Å². The summed E-state index contributed by atoms with van der Waals surface area (Å²) >= 11 is 0. The number of aryl methyl sites for hydroxylation is 1. The lowest BCUT2D eigenvalue weighted by Gasteiger charge is -2.14. The van der Waals surface area contributed by atoms with Gasteiger partial charge in [-0.1, -0.05) is 29.8 Å². The molecule has 0 saturated heterocycles. The van der Waals surface area contributed by atoms with Crippen molar-refractivity contribution in [1.82, 2.24) is 5.32 Å². The molecule has 0 aliphatic heterocycles. The van der Waals surface area contributed by atoms with Crippen LogP contribution in [0.5, 0.6) is 0 Å². The van der Waals surface area contributed by atoms with Crippen molar-refractivity contribution in [3.05, 3.63) is 35.4 Å². The normalized spacial score (nSPS) is 11.9. The molecule has 17 heavy (non-hydrogen) atoms. The van der Waals surface area contributed by atoms with Gasteiger partial charge in [0.1, 0.15) is 0 Å². The molecule has 0 saturated carbocycles. The molecule has 0 aliphatic rings. The Morgan fingerprint density at radius 2 is 1.82 bits per heavy atom. The van der Waals surface area contributed by atoms with Crippen LogP contribution in [0.3, 0.4) is 0 Å². The molecule has 1 atom stereocenters. The van der Waals surface area contributed by atoms with Gasteiger partial charge >= 0.3 is 5.97 Å². The summed E-state index contributed by atoms with van der Waals surface area (Å²) in [5, 5.41) is 11.2. The Morgan fingerprint density at radius 1 is 1.24 bits per heavy atom. The van der Waals surface area contributed by atoms with Gasteiger partial charge in [0.25, 0.3) is 0 Å². The molecule has 0 heterocycles. The van der Waals surface area contributed by atoms with E-state index in [0.29, 0.717) is 0 Å². The number of benzene rings is 1. The summed E-state index contributed by atoms with van der Waals surface area (Å²) in [5.74, 6) is -1.19. The van der Waals surface area contributed by atoms with Crippen molar-refractivity contribution in [3.8, 4) is 0 Å². The maximum absolute atomic E-state index is 11.4. The summed E-state index contributed by atoms with van der Waals surface area (Å²) in [6, 6.07) is 7.77. The number of hydrogen-bond acceptors (Lipinski definition) is 2. The van der Waals surface area contributed by atoms with Gasteiger partial charge in [0.2, 0.25) is 5.91 Å². The van der Waals surface area contributed by atoms with E-state index in [4.69, 9.17) is 5.11 Å². The maximum atomic E-state index is 11.4. The average Bonchev–Trinajstić information content (AvgIpc) is 2.27. The number of carboxylic acid groups (broad SMARTS) is 1. The number of carbonyl (C=O) groups is 2. The van der Waals surface area contributed by atoms with Gasteiger partial charge < -0.3 is 10.4 Å². The average molecular weight is 235 g/mol. The third kappa shape index (κ3) is 4.68. The van der Waals surface area contributed by atoms with E-state index in [9.17, 15) is 9.59 Å². The molecule has 4 heteroatoms. The largest absolute Gasteiger partial charge is 0.481 e. The predicted octanol–water partition coefficient (Wildman–Crippen LogP) is 2.04. The van der Waals surface area contributed by atoms with Crippen molar-refractivity contribution in [1.29, 1.82) is 0 Å². The first-order chi connectivity index (χ1) is 7.99. The second kappa shape index (κ2) is 6.03. The minimum atomic E-state index is -0.955. The highest BCUT2D eigenvalue weighted by Crippen LogP contribution is 2.13. The van der Waals surface area contributed by atoms with Crippen molar-refractivity contribution >= 4 is 11.9 Å². The van der Waals surface area contributed by atoms with E-state index in [2.05, 4.69) is 5.32 Å². The summed E-state index contributed by atoms with van der Waals surface area (Å²) in [4.78, 5) is 21.7. The van der Waals surface area contributed by atoms with Gasteiger partial charge in [0.05, 0.1) is 12.5 Å². The molecule has 0 fully saturated rings. The van der Waals surface area contributed by atoms with Crippen molar-refractivity contribution in [3.63, 3.8) is 0 Å². The quantitative estimate of drug-likeness (QED) is 0.820. The fourth-order valence-corrected chi connectivity index (χ4v) is 1.47. The molecular formula is C13H17NO3. The lowest BCUT2D eigenvalue weighted by atomic mass is 10.1. The highest BCUT2D eigenvalue weighted by Gasteiger charge is 2.10. The van der Waals surface area contributed by atoms with Crippen LogP contribution in [0.4, 0.5) is 0 Å². The number of rotatable bonds is 5. The van der Waals surface area contributed by atoms with Crippen LogP contribution in [0.1, 0.15) is 36.9 Å². The van der Waals surface area contributed by atoms with Crippen LogP contribution in [0.2, 0.25) is 0 Å². The molecule has 2 N–H and O–H groups in total. The van der Waals surface area contributed by atoms with Gasteiger partial charge in [-0.25, -0.2) is 0 Å². The zero-order valence-electron chi connectivity index (χ0n) is 10.1. The Bertz CT molecular complexity index is 398. The summed E-state index contributed by atoms with van der Waals surface area (Å²) in [6.07, 6.45) is -0.113. The van der Waals surface area contributed by atoms with Crippen LogP contribution in [0.15, 0.2) is 24.3 Å². The number of aliphatic carboxylic acids is 1. The summed E-state index contributed by atoms with van der Waals surface area (Å²) < 4.78 is 0. The molecule has 0 radical (unpaired) electrons. The first-order valence-electron chi connectivity index (χ1n) is 5.57. The van der Waals surface area contributed by atoms with Gasteiger partial charge in [-0.2, -0.15) is 0 Å². The minimum absolute atomic E-state index is 0.0194. The summed E-state index contributed by atoms with van der Waals surface area (Å²) in [5.41, 5.74) is 2.18. The van der Waals surface area contributed by atoms with E-state index in [1.54, 1.807) is 0 Å². The van der Waals surface area contributed by atoms with Crippen LogP contribution in [-0.2, 0) is 9.59 Å². The van der Waals surface area contributed by atoms with Gasteiger partial charge in [-0.15, -0.1) is 0 Å². The molecule has 1 rings (SSSR count). The van der Waals surface area contributed by atoms with Gasteiger partial charge in [-0.3, -0.25) is 9.59 Å². The summed E-state index contributed by atoms with van der Waals surface area (Å²) in [7, 11) is 0. The van der Waals surface area contributed by atoms with E-state index >= 15 is 0 Å². The van der Waals surface area contributed by atoms with E-state index in [1.807, 2.05) is 38.1 Å². The fraction of sp³-hybridized carbons (Fsp3) is 0.385. The molecule has 1 unspecified atom stereocenters. The molecule has 0 aliphatic carbocycles. The van der Waals surface area contributed by atoms with Crippen LogP contribution < -0.4 is 5.32 Å². The van der Waals surface area contributed by atoms with E-state index in [-0.39, 0.29) is 24.8 Å². The van der Waals surface area contributed by atoms with Gasteiger partial charge in [-0.05, 0) is 19.4 Å². The smallest absolute Gasteiger partial charge is 0.303 e. The zero-order chi connectivity index (χ0) is 12.8. The van der Waals surface area contributed by atoms with Crippen molar-refractivity contribution in [2.24, 2.45) is 0 Å². The van der Waals surface area contributed by atoms with Crippen molar-refractivity contribution in [2.75, 3.05) is 0 Å². The molecule has 92 valence electrons. The maximum Gasteiger partial charge on any atom is 0.303 e. The Morgan fingerprint density at radius 3 is 2.35 bits per heavy atom. The van der Waals surface area contributed by atoms with Crippen LogP contribution in [-0.4, -0.2) is 17.0 Å². The second-order valence-electron chi connectivity index (χ2n) is 4.09.